The molecule has 0 unspecified atom stereocenters. The molecule has 2 rings (SSSR count). The first-order valence-corrected chi connectivity index (χ1v) is 11.3. The molecule has 1 aromatic heterocycles. The molecule has 182 valence electrons. The van der Waals surface area contributed by atoms with E-state index in [1.54, 1.807) is 11.8 Å². The van der Waals surface area contributed by atoms with Crippen LogP contribution in [0.1, 0.15) is 59.2 Å². The zero-order chi connectivity index (χ0) is 24.8. The predicted molar refractivity (Wildman–Crippen MR) is 132 cm³/mol. The van der Waals surface area contributed by atoms with Gasteiger partial charge in [0.2, 0.25) is 5.91 Å². The number of carbonyl (C=O) groups is 2. The highest BCUT2D eigenvalue weighted by Crippen LogP contribution is 2.26. The zero-order valence-corrected chi connectivity index (χ0v) is 21.3. The normalized spacial score (nSPS) is 11.9. The Balaban J connectivity index is 2.25. The quantitative estimate of drug-likeness (QED) is 0.580. The van der Waals surface area contributed by atoms with Crippen molar-refractivity contribution in [3.8, 4) is 5.69 Å². The number of carbonyl (C=O) groups excluding carboxylic acids is 2. The van der Waals surface area contributed by atoms with Crippen LogP contribution in [0.15, 0.2) is 30.3 Å². The molecule has 1 aromatic carbocycles. The molecule has 0 saturated heterocycles. The fourth-order valence-electron chi connectivity index (χ4n) is 3.13. The van der Waals surface area contributed by atoms with Gasteiger partial charge in [-0.25, -0.2) is 9.48 Å². The minimum atomic E-state index is -0.404. The number of benzene rings is 1. The number of ether oxygens (including phenoxy) is 1. The highest BCUT2D eigenvalue weighted by Gasteiger charge is 2.24. The van der Waals surface area contributed by atoms with E-state index in [1.807, 2.05) is 58.0 Å². The van der Waals surface area contributed by atoms with Crippen molar-refractivity contribution in [1.29, 1.82) is 0 Å². The number of hydrogen-bond acceptors (Lipinski definition) is 4. The number of rotatable bonds is 8. The average Bonchev–Trinajstić information content (AvgIpc) is 3.10. The molecule has 0 fully saturated rings. The highest BCUT2D eigenvalue weighted by molar-refractivity contribution is 5.94. The first-order valence-electron chi connectivity index (χ1n) is 11.3. The lowest BCUT2D eigenvalue weighted by atomic mass is 9.92. The van der Waals surface area contributed by atoms with Gasteiger partial charge >= 0.3 is 6.03 Å². The molecular weight excluding hydrogens is 418 g/mol. The van der Waals surface area contributed by atoms with Crippen LogP contribution < -0.4 is 10.6 Å². The van der Waals surface area contributed by atoms with Gasteiger partial charge in [-0.1, -0.05) is 38.5 Å². The smallest absolute Gasteiger partial charge is 0.318 e. The average molecular weight is 458 g/mol. The third kappa shape index (κ3) is 8.20. The predicted octanol–water partition coefficient (Wildman–Crippen LogP) is 4.26. The lowest BCUT2D eigenvalue weighted by Gasteiger charge is -2.28. The first-order chi connectivity index (χ1) is 15.3. The van der Waals surface area contributed by atoms with Gasteiger partial charge in [-0.15, -0.1) is 0 Å². The van der Waals surface area contributed by atoms with E-state index in [-0.39, 0.29) is 23.9 Å². The minimum Gasteiger partial charge on any atom is -0.385 e. The number of aryl methyl sites for hydroxylation is 1. The van der Waals surface area contributed by atoms with E-state index in [2.05, 4.69) is 31.4 Å². The first kappa shape index (κ1) is 26.4. The monoisotopic (exact) mass is 457 g/mol. The van der Waals surface area contributed by atoms with Crippen molar-refractivity contribution in [3.05, 3.63) is 41.6 Å². The molecule has 0 aliphatic carbocycles. The Bertz CT molecular complexity index is 936. The molecule has 33 heavy (non-hydrogen) atoms. The molecule has 0 saturated carbocycles. The number of amides is 3. The van der Waals surface area contributed by atoms with Crippen molar-refractivity contribution >= 4 is 17.8 Å². The van der Waals surface area contributed by atoms with Gasteiger partial charge in [0.1, 0.15) is 12.4 Å². The largest absolute Gasteiger partial charge is 0.385 e. The number of nitrogens with one attached hydrogen (secondary N) is 2. The van der Waals surface area contributed by atoms with Crippen LogP contribution in [0.3, 0.4) is 0 Å². The fraction of sp³-hybridized carbons (Fsp3) is 0.560. The molecule has 8 nitrogen and oxygen atoms in total. The summed E-state index contributed by atoms with van der Waals surface area (Å²) < 4.78 is 6.85. The number of anilines is 1. The summed E-state index contributed by atoms with van der Waals surface area (Å²) in [6.07, 6.45) is 0.636. The molecule has 0 aliphatic heterocycles. The molecule has 2 aromatic rings. The van der Waals surface area contributed by atoms with E-state index < -0.39 is 5.54 Å². The summed E-state index contributed by atoms with van der Waals surface area (Å²) in [6.45, 7) is 14.8. The van der Waals surface area contributed by atoms with Crippen LogP contribution in [0.4, 0.5) is 10.6 Å². The van der Waals surface area contributed by atoms with Crippen molar-refractivity contribution in [3.63, 3.8) is 0 Å². The molecule has 2 N–H and O–H groups in total. The van der Waals surface area contributed by atoms with Gasteiger partial charge in [0.25, 0.3) is 0 Å². The Morgan fingerprint density at radius 3 is 2.27 bits per heavy atom. The lowest BCUT2D eigenvalue weighted by Crippen LogP contribution is -2.50. The summed E-state index contributed by atoms with van der Waals surface area (Å²) in [7, 11) is 1.62. The van der Waals surface area contributed by atoms with Crippen LogP contribution in [0.25, 0.3) is 5.69 Å². The van der Waals surface area contributed by atoms with E-state index in [1.165, 1.54) is 4.90 Å². The van der Waals surface area contributed by atoms with E-state index in [0.717, 1.165) is 16.9 Å². The third-order valence-corrected chi connectivity index (χ3v) is 4.90. The maximum Gasteiger partial charge on any atom is 0.318 e. The lowest BCUT2D eigenvalue weighted by molar-refractivity contribution is -0.116. The Morgan fingerprint density at radius 1 is 1.09 bits per heavy atom. The number of methoxy groups -OCH3 is 1. The standard InChI is InChI=1S/C25H39N5O3/c1-18-10-12-19(13-11-18)30-21(16-20(28-30)24(2,3)4)26-22(31)17-29(14-9-15-33-8)23(32)27-25(5,6)7/h10-13,16H,9,14-15,17H2,1-8H3,(H,26,31)(H,27,32). The van der Waals surface area contributed by atoms with Crippen molar-refractivity contribution in [2.75, 3.05) is 32.1 Å². The summed E-state index contributed by atoms with van der Waals surface area (Å²) >= 11 is 0. The number of nitrogens with zero attached hydrogens (tertiary/aromatic N) is 3. The molecule has 3 amide bonds. The van der Waals surface area contributed by atoms with Gasteiger partial charge < -0.3 is 20.3 Å². The van der Waals surface area contributed by atoms with Gasteiger partial charge in [-0.3, -0.25) is 4.79 Å². The Morgan fingerprint density at radius 2 is 1.73 bits per heavy atom. The SMILES string of the molecule is COCCCN(CC(=O)Nc1cc(C(C)(C)C)nn1-c1ccc(C)cc1)C(=O)NC(C)(C)C. The maximum absolute atomic E-state index is 13.0. The summed E-state index contributed by atoms with van der Waals surface area (Å²) in [4.78, 5) is 27.3. The van der Waals surface area contributed by atoms with Gasteiger partial charge in [0.15, 0.2) is 0 Å². The second-order valence-electron chi connectivity index (χ2n) is 10.4. The molecule has 0 radical (unpaired) electrons. The van der Waals surface area contributed by atoms with Crippen molar-refractivity contribution in [2.24, 2.45) is 0 Å². The molecule has 0 aliphatic rings. The van der Waals surface area contributed by atoms with E-state index in [0.29, 0.717) is 25.4 Å². The zero-order valence-electron chi connectivity index (χ0n) is 21.3. The molecule has 0 atom stereocenters. The molecule has 0 spiro atoms. The van der Waals surface area contributed by atoms with Gasteiger partial charge in [-0.2, -0.15) is 5.10 Å². The van der Waals surface area contributed by atoms with Crippen molar-refractivity contribution in [1.82, 2.24) is 20.0 Å². The summed E-state index contributed by atoms with van der Waals surface area (Å²) in [5, 5.41) is 10.6. The van der Waals surface area contributed by atoms with Crippen LogP contribution in [-0.2, 0) is 14.9 Å². The Hall–Kier alpha value is -2.87. The second-order valence-corrected chi connectivity index (χ2v) is 10.4. The number of urea groups is 1. The van der Waals surface area contributed by atoms with Crippen LogP contribution in [0.5, 0.6) is 0 Å². The van der Waals surface area contributed by atoms with Crippen molar-refractivity contribution < 1.29 is 14.3 Å². The van der Waals surface area contributed by atoms with Crippen molar-refractivity contribution in [2.45, 2.75) is 65.8 Å². The minimum absolute atomic E-state index is 0.0739. The van der Waals surface area contributed by atoms with Gasteiger partial charge in [0, 0.05) is 37.3 Å². The molecule has 8 heteroatoms. The Kier molecular flexibility index (Phi) is 8.66. The number of hydrogen-bond donors (Lipinski definition) is 2. The van der Waals surface area contributed by atoms with Gasteiger partial charge in [-0.05, 0) is 46.2 Å². The third-order valence-electron chi connectivity index (χ3n) is 4.90. The summed E-state index contributed by atoms with van der Waals surface area (Å²) in [5.74, 6) is 0.284. The topological polar surface area (TPSA) is 88.5 Å². The van der Waals surface area contributed by atoms with E-state index >= 15 is 0 Å². The molecular formula is C25H39N5O3. The molecule has 1 heterocycles. The van der Waals surface area contributed by atoms with E-state index in [9.17, 15) is 9.59 Å². The fourth-order valence-corrected chi connectivity index (χ4v) is 3.13. The van der Waals surface area contributed by atoms with E-state index in [4.69, 9.17) is 9.84 Å². The maximum atomic E-state index is 13.0. The van der Waals surface area contributed by atoms with Gasteiger partial charge in [0.05, 0.1) is 11.4 Å². The number of aromatic nitrogens is 2. The summed E-state index contributed by atoms with van der Waals surface area (Å²) in [6, 6.07) is 9.57. The Labute approximate surface area is 197 Å². The van der Waals surface area contributed by atoms with Crippen LogP contribution >= 0.6 is 0 Å². The van der Waals surface area contributed by atoms with Crippen LogP contribution in [-0.4, -0.2) is 59.0 Å². The summed E-state index contributed by atoms with van der Waals surface area (Å²) in [5.41, 5.74) is 2.27. The molecule has 0 bridgehead atoms. The van der Waals surface area contributed by atoms with Crippen LogP contribution in [0.2, 0.25) is 0 Å². The second kappa shape index (κ2) is 10.8. The van der Waals surface area contributed by atoms with Crippen LogP contribution in [0, 0.1) is 6.92 Å². The highest BCUT2D eigenvalue weighted by atomic mass is 16.5.